The highest BCUT2D eigenvalue weighted by Crippen LogP contribution is 2.09. The number of carboxylic acid groups (broad SMARTS) is 1. The predicted molar refractivity (Wildman–Crippen MR) is 41.0 cm³/mol. The van der Waals surface area contributed by atoms with Gasteiger partial charge in [-0.3, -0.25) is 0 Å². The molecule has 0 saturated carbocycles. The molecule has 0 saturated heterocycles. The van der Waals surface area contributed by atoms with Crippen LogP contribution in [0.1, 0.15) is 19.8 Å². The summed E-state index contributed by atoms with van der Waals surface area (Å²) in [7, 11) is 0. The highest BCUT2D eigenvalue weighted by atomic mass is 16.4. The van der Waals surface area contributed by atoms with Crippen molar-refractivity contribution in [1.82, 2.24) is 0 Å². The first-order valence-corrected chi connectivity index (χ1v) is 3.40. The van der Waals surface area contributed by atoms with Crippen LogP contribution >= 0.6 is 0 Å². The third kappa shape index (κ3) is 2.54. The van der Waals surface area contributed by atoms with Crippen molar-refractivity contribution in [3.05, 3.63) is 11.1 Å². The van der Waals surface area contributed by atoms with Gasteiger partial charge in [-0.2, -0.15) is 0 Å². The van der Waals surface area contributed by atoms with Gasteiger partial charge in [0.15, 0.2) is 5.57 Å². The smallest absolute Gasteiger partial charge is 0.348 e. The van der Waals surface area contributed by atoms with E-state index >= 15 is 0 Å². The Hall–Kier alpha value is -1.63. The Morgan fingerprint density at radius 2 is 1.92 bits per heavy atom. The Bertz CT molecular complexity index is 277. The summed E-state index contributed by atoms with van der Waals surface area (Å²) in [5.41, 5.74) is -0.744. The molecule has 4 nitrogen and oxygen atoms in total. The second-order valence-electron chi connectivity index (χ2n) is 2.11. The Morgan fingerprint density at radius 3 is 2.17 bits per heavy atom. The molecule has 0 aliphatic heterocycles. The normalized spacial score (nSPS) is 8.08. The number of carboxylic acids is 1. The van der Waals surface area contributed by atoms with Crippen molar-refractivity contribution in [2.24, 2.45) is 0 Å². The Balaban J connectivity index is 4.85. The minimum Gasteiger partial charge on any atom is -0.477 e. The van der Waals surface area contributed by atoms with Gasteiger partial charge in [-0.1, -0.05) is 13.3 Å². The summed E-state index contributed by atoms with van der Waals surface area (Å²) in [5, 5.41) is 8.40. The maximum absolute atomic E-state index is 10.3. The first-order valence-electron chi connectivity index (χ1n) is 3.40. The maximum atomic E-state index is 10.3. The lowest BCUT2D eigenvalue weighted by atomic mass is 10.1. The van der Waals surface area contributed by atoms with Crippen molar-refractivity contribution in [2.45, 2.75) is 19.8 Å². The fourth-order valence-electron chi connectivity index (χ4n) is 0.711. The molecule has 0 spiro atoms. The molecule has 4 heteroatoms. The molecule has 1 N–H and O–H groups in total. The van der Waals surface area contributed by atoms with Crippen LogP contribution in [-0.4, -0.2) is 23.0 Å². The van der Waals surface area contributed by atoms with Crippen LogP contribution < -0.4 is 0 Å². The van der Waals surface area contributed by atoms with Gasteiger partial charge in [0.2, 0.25) is 0 Å². The molecule has 0 bridgehead atoms. The number of rotatable bonds is 4. The standard InChI is InChI=1S/C8H8O4/c1-2-3-6(4-9)7(5-10)8(11)12/h2-3H2,1H3,(H,11,12). The van der Waals surface area contributed by atoms with Crippen LogP contribution in [0.5, 0.6) is 0 Å². The fraction of sp³-hybridized carbons (Fsp3) is 0.375. The molecule has 0 aromatic rings. The highest BCUT2D eigenvalue weighted by molar-refractivity contribution is 6.02. The monoisotopic (exact) mass is 168 g/mol. The molecule has 0 radical (unpaired) electrons. The molecule has 64 valence electrons. The largest absolute Gasteiger partial charge is 0.477 e. The summed E-state index contributed by atoms with van der Waals surface area (Å²) in [6.45, 7) is 1.77. The Labute approximate surface area is 69.2 Å². The van der Waals surface area contributed by atoms with E-state index in [1.54, 1.807) is 6.92 Å². The number of hydrogen-bond acceptors (Lipinski definition) is 3. The van der Waals surface area contributed by atoms with E-state index in [1.807, 2.05) is 0 Å². The van der Waals surface area contributed by atoms with Crippen LogP contribution in [0.2, 0.25) is 0 Å². The van der Waals surface area contributed by atoms with E-state index in [0.29, 0.717) is 6.42 Å². The van der Waals surface area contributed by atoms with E-state index in [4.69, 9.17) is 5.11 Å². The van der Waals surface area contributed by atoms with Crippen molar-refractivity contribution in [1.29, 1.82) is 0 Å². The quantitative estimate of drug-likeness (QED) is 0.374. The zero-order chi connectivity index (χ0) is 9.56. The van der Waals surface area contributed by atoms with Gasteiger partial charge in [0.25, 0.3) is 0 Å². The Morgan fingerprint density at radius 1 is 1.33 bits per heavy atom. The van der Waals surface area contributed by atoms with Crippen molar-refractivity contribution >= 4 is 17.9 Å². The van der Waals surface area contributed by atoms with Crippen molar-refractivity contribution in [3.8, 4) is 0 Å². The molecule has 0 aromatic carbocycles. The first kappa shape index (κ1) is 10.4. The zero-order valence-corrected chi connectivity index (χ0v) is 6.59. The molecule has 0 aromatic heterocycles. The van der Waals surface area contributed by atoms with Gasteiger partial charge in [-0.05, 0) is 6.42 Å². The average molecular weight is 168 g/mol. The van der Waals surface area contributed by atoms with Crippen LogP contribution in [0.15, 0.2) is 11.1 Å². The van der Waals surface area contributed by atoms with E-state index in [2.05, 4.69) is 0 Å². The number of carbonyl (C=O) groups excluding carboxylic acids is 2. The van der Waals surface area contributed by atoms with E-state index in [0.717, 1.165) is 0 Å². The minimum absolute atomic E-state index is 0.125. The summed E-state index contributed by atoms with van der Waals surface area (Å²) < 4.78 is 0. The Kier molecular flexibility index (Phi) is 4.39. The van der Waals surface area contributed by atoms with Crippen molar-refractivity contribution in [3.63, 3.8) is 0 Å². The van der Waals surface area contributed by atoms with Crippen LogP contribution in [0, 0.1) is 0 Å². The molecule has 0 aliphatic rings. The maximum Gasteiger partial charge on any atom is 0.348 e. The van der Waals surface area contributed by atoms with Crippen LogP contribution in [0.25, 0.3) is 0 Å². The summed E-state index contributed by atoms with van der Waals surface area (Å²) in [6, 6.07) is 0. The molecule has 0 atom stereocenters. The van der Waals surface area contributed by atoms with E-state index in [9.17, 15) is 14.4 Å². The number of aliphatic carboxylic acids is 1. The molecule has 0 fully saturated rings. The van der Waals surface area contributed by atoms with Gasteiger partial charge in [-0.25, -0.2) is 14.4 Å². The number of carbonyl (C=O) groups is 1. The van der Waals surface area contributed by atoms with Crippen molar-refractivity contribution in [2.75, 3.05) is 0 Å². The third-order valence-corrected chi connectivity index (χ3v) is 1.24. The van der Waals surface area contributed by atoms with E-state index < -0.39 is 11.5 Å². The SMILES string of the molecule is CCCC(=C=O)C(=C=O)C(=O)O. The summed E-state index contributed by atoms with van der Waals surface area (Å²) in [5.74, 6) is 1.19. The van der Waals surface area contributed by atoms with Crippen molar-refractivity contribution < 1.29 is 19.5 Å². The topological polar surface area (TPSA) is 71.4 Å². The van der Waals surface area contributed by atoms with Gasteiger partial charge in [-0.15, -0.1) is 0 Å². The van der Waals surface area contributed by atoms with Gasteiger partial charge < -0.3 is 5.11 Å². The molecule has 12 heavy (non-hydrogen) atoms. The molecule has 0 aliphatic carbocycles. The second-order valence-corrected chi connectivity index (χ2v) is 2.11. The second kappa shape index (κ2) is 5.08. The summed E-state index contributed by atoms with van der Waals surface area (Å²) in [6.07, 6.45) is 0.823. The lowest BCUT2D eigenvalue weighted by molar-refractivity contribution is -0.132. The molecule has 0 amide bonds. The summed E-state index contributed by atoms with van der Waals surface area (Å²) in [4.78, 5) is 30.6. The molecule has 0 rings (SSSR count). The minimum atomic E-state index is -1.43. The lowest BCUT2D eigenvalue weighted by Crippen LogP contribution is -2.04. The highest BCUT2D eigenvalue weighted by Gasteiger charge is 2.14. The first-order chi connectivity index (χ1) is 5.67. The molecular weight excluding hydrogens is 160 g/mol. The molecular formula is C8H8O4. The predicted octanol–water partition coefficient (Wildman–Crippen LogP) is 0.387. The molecule has 0 heterocycles. The van der Waals surface area contributed by atoms with E-state index in [1.165, 1.54) is 11.9 Å². The zero-order valence-electron chi connectivity index (χ0n) is 6.59. The van der Waals surface area contributed by atoms with E-state index in [-0.39, 0.29) is 12.0 Å². The van der Waals surface area contributed by atoms with Gasteiger partial charge >= 0.3 is 5.97 Å². The molecule has 0 unspecified atom stereocenters. The van der Waals surface area contributed by atoms with Crippen LogP contribution in [-0.2, 0) is 14.4 Å². The lowest BCUT2D eigenvalue weighted by Gasteiger charge is -1.96. The van der Waals surface area contributed by atoms with Gasteiger partial charge in [0.1, 0.15) is 11.9 Å². The van der Waals surface area contributed by atoms with Crippen LogP contribution in [0.4, 0.5) is 0 Å². The van der Waals surface area contributed by atoms with Gasteiger partial charge in [0.05, 0.1) is 5.57 Å². The van der Waals surface area contributed by atoms with Crippen LogP contribution in [0.3, 0.4) is 0 Å². The van der Waals surface area contributed by atoms with Gasteiger partial charge in [0, 0.05) is 0 Å². The number of hydrogen-bond donors (Lipinski definition) is 1. The summed E-state index contributed by atoms with van der Waals surface area (Å²) >= 11 is 0. The fourth-order valence-corrected chi connectivity index (χ4v) is 0.711. The third-order valence-electron chi connectivity index (χ3n) is 1.24. The average Bonchev–Trinajstić information content (AvgIpc) is 2.03.